The highest BCUT2D eigenvalue weighted by atomic mass is 16.6. The molecule has 0 fully saturated rings. The van der Waals surface area contributed by atoms with Crippen LogP contribution in [0, 0.1) is 5.92 Å². The minimum atomic E-state index is -0.668. The van der Waals surface area contributed by atoms with E-state index in [0.717, 1.165) is 23.3 Å². The van der Waals surface area contributed by atoms with Gasteiger partial charge in [-0.25, -0.2) is 4.79 Å². The van der Waals surface area contributed by atoms with Gasteiger partial charge >= 0.3 is 6.09 Å². The molecule has 0 aromatic carbocycles. The topological polar surface area (TPSA) is 71.2 Å². The molecular weight excluding hydrogens is 316 g/mol. The zero-order valence-electron chi connectivity index (χ0n) is 15.5. The molecule has 2 N–H and O–H groups in total. The van der Waals surface area contributed by atoms with Gasteiger partial charge in [0.1, 0.15) is 5.60 Å². The van der Waals surface area contributed by atoms with Gasteiger partial charge in [0.2, 0.25) is 5.56 Å². The van der Waals surface area contributed by atoms with Crippen molar-refractivity contribution in [3.05, 3.63) is 57.0 Å². The first-order chi connectivity index (χ1) is 11.6. The standard InChI is InChI=1S/C20H26N2O3/c1-6-14-13-9-12(2)11-20(14,22-18(24)25-19(3,4)5)15-7-8-17(23)21-16(15)10-13/h6-9,13H,10-11H2,1-5H3,(H,21,23)(H,22,24)/b14-6+/t13-,20+/m0/s1. The van der Waals surface area contributed by atoms with E-state index < -0.39 is 17.2 Å². The van der Waals surface area contributed by atoms with Crippen LogP contribution in [0.25, 0.3) is 0 Å². The number of carbonyl (C=O) groups is 1. The average Bonchev–Trinajstić information content (AvgIpc) is 2.43. The molecule has 0 spiro atoms. The van der Waals surface area contributed by atoms with Crippen LogP contribution >= 0.6 is 0 Å². The number of carbonyl (C=O) groups excluding carboxylic acids is 1. The van der Waals surface area contributed by atoms with Crippen LogP contribution in [0.1, 0.15) is 52.3 Å². The Morgan fingerprint density at radius 3 is 2.76 bits per heavy atom. The number of nitrogens with one attached hydrogen (secondary N) is 2. The van der Waals surface area contributed by atoms with Crippen molar-refractivity contribution in [2.45, 2.75) is 58.6 Å². The molecule has 2 aliphatic carbocycles. The smallest absolute Gasteiger partial charge is 0.408 e. The van der Waals surface area contributed by atoms with E-state index >= 15 is 0 Å². The lowest BCUT2D eigenvalue weighted by atomic mass is 9.63. The summed E-state index contributed by atoms with van der Waals surface area (Å²) in [5.74, 6) is 0.166. The molecule has 0 aliphatic heterocycles. The Morgan fingerprint density at radius 2 is 2.12 bits per heavy atom. The summed E-state index contributed by atoms with van der Waals surface area (Å²) >= 11 is 0. The summed E-state index contributed by atoms with van der Waals surface area (Å²) in [7, 11) is 0. The third-order valence-electron chi connectivity index (χ3n) is 4.83. The number of pyridine rings is 1. The second-order valence-corrected chi connectivity index (χ2v) is 7.99. The van der Waals surface area contributed by atoms with E-state index in [2.05, 4.69) is 29.4 Å². The fourth-order valence-electron chi connectivity index (χ4n) is 4.17. The molecular formula is C20H26N2O3. The van der Waals surface area contributed by atoms with E-state index in [4.69, 9.17) is 4.74 Å². The second kappa shape index (κ2) is 5.90. The van der Waals surface area contributed by atoms with Crippen molar-refractivity contribution in [2.75, 3.05) is 0 Å². The van der Waals surface area contributed by atoms with Gasteiger partial charge in [-0.3, -0.25) is 4.79 Å². The summed E-state index contributed by atoms with van der Waals surface area (Å²) in [6.45, 7) is 9.63. The molecule has 2 bridgehead atoms. The predicted molar refractivity (Wildman–Crippen MR) is 97.4 cm³/mol. The number of hydrogen-bond donors (Lipinski definition) is 2. The Kier molecular flexibility index (Phi) is 4.13. The first-order valence-electron chi connectivity index (χ1n) is 8.72. The first-order valence-corrected chi connectivity index (χ1v) is 8.72. The molecule has 134 valence electrons. The maximum absolute atomic E-state index is 12.6. The highest BCUT2D eigenvalue weighted by Gasteiger charge is 2.48. The molecule has 0 radical (unpaired) electrons. The van der Waals surface area contributed by atoms with Gasteiger partial charge in [0.25, 0.3) is 0 Å². The Hall–Kier alpha value is -2.30. The number of aromatic amines is 1. The molecule has 2 atom stereocenters. The van der Waals surface area contributed by atoms with Crippen molar-refractivity contribution < 1.29 is 9.53 Å². The third kappa shape index (κ3) is 3.15. The summed E-state index contributed by atoms with van der Waals surface area (Å²) in [5, 5.41) is 3.14. The number of fused-ring (bicyclic) bond motifs is 4. The summed E-state index contributed by atoms with van der Waals surface area (Å²) in [5.41, 5.74) is 2.87. The van der Waals surface area contributed by atoms with Crippen LogP contribution in [-0.4, -0.2) is 16.7 Å². The highest BCUT2D eigenvalue weighted by molar-refractivity contribution is 5.71. The number of allylic oxidation sites excluding steroid dienone is 2. The van der Waals surface area contributed by atoms with Crippen LogP contribution in [0.4, 0.5) is 4.79 Å². The summed E-state index contributed by atoms with van der Waals surface area (Å²) in [6, 6.07) is 3.36. The summed E-state index contributed by atoms with van der Waals surface area (Å²) < 4.78 is 5.52. The van der Waals surface area contributed by atoms with E-state index in [1.807, 2.05) is 33.8 Å². The molecule has 0 saturated carbocycles. The molecule has 0 unspecified atom stereocenters. The van der Waals surface area contributed by atoms with Crippen molar-refractivity contribution in [2.24, 2.45) is 5.92 Å². The van der Waals surface area contributed by atoms with Crippen molar-refractivity contribution in [3.8, 4) is 0 Å². The van der Waals surface area contributed by atoms with Crippen molar-refractivity contribution in [1.82, 2.24) is 10.3 Å². The van der Waals surface area contributed by atoms with Crippen LogP contribution in [0.3, 0.4) is 0 Å². The maximum Gasteiger partial charge on any atom is 0.408 e. The number of hydrogen-bond acceptors (Lipinski definition) is 3. The zero-order valence-corrected chi connectivity index (χ0v) is 15.5. The van der Waals surface area contributed by atoms with Crippen LogP contribution in [0.5, 0.6) is 0 Å². The van der Waals surface area contributed by atoms with Crippen LogP contribution < -0.4 is 10.9 Å². The predicted octanol–water partition coefficient (Wildman–Crippen LogP) is 3.56. The molecule has 1 amide bonds. The molecule has 1 heterocycles. The Balaban J connectivity index is 2.13. The summed E-state index contributed by atoms with van der Waals surface area (Å²) in [4.78, 5) is 27.4. The SMILES string of the molecule is C/C=C1\[C@H]2C=C(C)C[C@]1(NC(=O)OC(C)(C)C)c1ccc(=O)[nH]c1C2. The highest BCUT2D eigenvalue weighted by Crippen LogP contribution is 2.49. The quantitative estimate of drug-likeness (QED) is 0.767. The van der Waals surface area contributed by atoms with Crippen LogP contribution in [0.15, 0.2) is 40.2 Å². The minimum Gasteiger partial charge on any atom is -0.444 e. The lowest BCUT2D eigenvalue weighted by Gasteiger charge is -2.47. The van der Waals surface area contributed by atoms with Crippen molar-refractivity contribution >= 4 is 6.09 Å². The van der Waals surface area contributed by atoms with Gasteiger partial charge in [0.15, 0.2) is 0 Å². The van der Waals surface area contributed by atoms with Gasteiger partial charge in [0.05, 0.1) is 5.54 Å². The summed E-state index contributed by atoms with van der Waals surface area (Å²) in [6.07, 6.45) is 5.28. The molecule has 1 aromatic heterocycles. The van der Waals surface area contributed by atoms with Crippen LogP contribution in [0.2, 0.25) is 0 Å². The average molecular weight is 342 g/mol. The Bertz CT molecular complexity index is 826. The van der Waals surface area contributed by atoms with Gasteiger partial charge in [-0.2, -0.15) is 0 Å². The van der Waals surface area contributed by atoms with Gasteiger partial charge in [-0.15, -0.1) is 0 Å². The second-order valence-electron chi connectivity index (χ2n) is 7.99. The Morgan fingerprint density at radius 1 is 1.40 bits per heavy atom. The van der Waals surface area contributed by atoms with Crippen LogP contribution in [-0.2, 0) is 16.7 Å². The van der Waals surface area contributed by atoms with E-state index in [0.29, 0.717) is 6.42 Å². The monoisotopic (exact) mass is 342 g/mol. The van der Waals surface area contributed by atoms with E-state index in [1.54, 1.807) is 0 Å². The number of amides is 1. The molecule has 2 aliphatic rings. The van der Waals surface area contributed by atoms with Gasteiger partial charge < -0.3 is 15.0 Å². The lowest BCUT2D eigenvalue weighted by Crippen LogP contribution is -2.54. The Labute approximate surface area is 148 Å². The van der Waals surface area contributed by atoms with E-state index in [-0.39, 0.29) is 11.5 Å². The fraction of sp³-hybridized carbons (Fsp3) is 0.500. The molecule has 5 heteroatoms. The minimum absolute atomic E-state index is 0.117. The largest absolute Gasteiger partial charge is 0.444 e. The van der Waals surface area contributed by atoms with Crippen molar-refractivity contribution in [3.63, 3.8) is 0 Å². The lowest BCUT2D eigenvalue weighted by molar-refractivity contribution is 0.0459. The van der Waals surface area contributed by atoms with E-state index in [9.17, 15) is 9.59 Å². The van der Waals surface area contributed by atoms with Crippen molar-refractivity contribution in [1.29, 1.82) is 0 Å². The molecule has 25 heavy (non-hydrogen) atoms. The van der Waals surface area contributed by atoms with E-state index in [1.165, 1.54) is 11.6 Å². The number of alkyl carbamates (subject to hydrolysis) is 1. The number of ether oxygens (including phenoxy) is 1. The molecule has 5 nitrogen and oxygen atoms in total. The maximum atomic E-state index is 12.6. The first kappa shape index (κ1) is 17.5. The van der Waals surface area contributed by atoms with Gasteiger partial charge in [-0.1, -0.05) is 17.7 Å². The molecule has 0 saturated heterocycles. The molecule has 1 aromatic rings. The third-order valence-corrected chi connectivity index (χ3v) is 4.83. The van der Waals surface area contributed by atoms with Gasteiger partial charge in [0, 0.05) is 23.2 Å². The number of aromatic nitrogens is 1. The van der Waals surface area contributed by atoms with Gasteiger partial charge in [-0.05, 0) is 59.1 Å². The fourth-order valence-corrected chi connectivity index (χ4v) is 4.17. The normalized spacial score (nSPS) is 26.7. The number of rotatable bonds is 1. The molecule has 3 rings (SSSR count). The number of H-pyrrole nitrogens is 1. The zero-order chi connectivity index (χ0) is 18.4.